The number of ether oxygens (including phenoxy) is 2. The molecule has 0 aliphatic rings. The van der Waals surface area contributed by atoms with E-state index in [1.54, 1.807) is 0 Å². The van der Waals surface area contributed by atoms with Crippen molar-refractivity contribution in [2.24, 2.45) is 0 Å². The molecule has 0 saturated heterocycles. The minimum atomic E-state index is -3.50. The largest absolute Gasteiger partial charge is 0.452 e. The smallest absolute Gasteiger partial charge is 0.387 e. The zero-order valence-corrected chi connectivity index (χ0v) is 17.0. The van der Waals surface area contributed by atoms with Crippen molar-refractivity contribution in [2.45, 2.75) is 11.5 Å². The van der Waals surface area contributed by atoms with E-state index in [-0.39, 0.29) is 21.4 Å². The molecule has 0 saturated carbocycles. The molecule has 1 amide bonds. The quantitative estimate of drug-likeness (QED) is 0.479. The molecule has 0 spiro atoms. The average molecular weight is 460 g/mol. The van der Waals surface area contributed by atoms with Crippen molar-refractivity contribution in [3.63, 3.8) is 0 Å². The molecule has 0 atom stereocenters. The number of nitrogens with one attached hydrogen (secondary N) is 1. The molecule has 0 aromatic heterocycles. The van der Waals surface area contributed by atoms with Crippen molar-refractivity contribution >= 4 is 45.1 Å². The van der Waals surface area contributed by atoms with Crippen LogP contribution < -0.4 is 10.1 Å². The van der Waals surface area contributed by atoms with Crippen molar-refractivity contribution in [2.75, 3.05) is 18.2 Å². The lowest BCUT2D eigenvalue weighted by atomic mass is 10.2. The lowest BCUT2D eigenvalue weighted by Crippen LogP contribution is -2.20. The second kappa shape index (κ2) is 10.2. The van der Waals surface area contributed by atoms with E-state index in [0.29, 0.717) is 5.56 Å². The molecule has 2 aromatic carbocycles. The van der Waals surface area contributed by atoms with Crippen LogP contribution in [0.2, 0.25) is 5.02 Å². The van der Waals surface area contributed by atoms with E-state index in [1.807, 2.05) is 0 Å². The topological polar surface area (TPSA) is 98.8 Å². The number of rotatable bonds is 8. The molecule has 0 radical (unpaired) electrons. The van der Waals surface area contributed by atoms with E-state index in [4.69, 9.17) is 16.3 Å². The van der Waals surface area contributed by atoms with Crippen molar-refractivity contribution in [1.82, 2.24) is 0 Å². The van der Waals surface area contributed by atoms with Crippen LogP contribution in [0.5, 0.6) is 5.75 Å². The Morgan fingerprint density at radius 3 is 2.43 bits per heavy atom. The van der Waals surface area contributed by atoms with Crippen LogP contribution in [0.15, 0.2) is 53.4 Å². The molecule has 0 bridgehead atoms. The van der Waals surface area contributed by atoms with Gasteiger partial charge in [0, 0.05) is 12.3 Å². The van der Waals surface area contributed by atoms with Crippen LogP contribution in [-0.2, 0) is 24.2 Å². The van der Waals surface area contributed by atoms with Gasteiger partial charge in [0.15, 0.2) is 16.4 Å². The number of anilines is 1. The van der Waals surface area contributed by atoms with Gasteiger partial charge in [-0.1, -0.05) is 23.7 Å². The van der Waals surface area contributed by atoms with E-state index in [2.05, 4.69) is 10.1 Å². The summed E-state index contributed by atoms with van der Waals surface area (Å²) in [7, 11) is -3.50. The molecule has 2 aromatic rings. The number of amides is 1. The van der Waals surface area contributed by atoms with Crippen LogP contribution in [0.25, 0.3) is 6.08 Å². The van der Waals surface area contributed by atoms with Gasteiger partial charge < -0.3 is 14.8 Å². The van der Waals surface area contributed by atoms with E-state index < -0.39 is 34.9 Å². The molecule has 0 unspecified atom stereocenters. The summed E-state index contributed by atoms with van der Waals surface area (Å²) in [5, 5.41) is 2.47. The van der Waals surface area contributed by atoms with Crippen LogP contribution >= 0.6 is 11.6 Å². The van der Waals surface area contributed by atoms with Crippen LogP contribution in [0.4, 0.5) is 14.5 Å². The second-order valence-electron chi connectivity index (χ2n) is 5.85. The molecule has 7 nitrogen and oxygen atoms in total. The maximum atomic E-state index is 12.1. The van der Waals surface area contributed by atoms with Crippen LogP contribution in [-0.4, -0.2) is 39.8 Å². The summed E-state index contributed by atoms with van der Waals surface area (Å²) in [5.41, 5.74) is 0.574. The van der Waals surface area contributed by atoms with Gasteiger partial charge in [-0.05, 0) is 42.0 Å². The number of halogens is 3. The minimum absolute atomic E-state index is 0.0278. The van der Waals surface area contributed by atoms with Gasteiger partial charge >= 0.3 is 12.6 Å². The summed E-state index contributed by atoms with van der Waals surface area (Å²) in [6, 6.07) is 9.32. The summed E-state index contributed by atoms with van der Waals surface area (Å²) in [5.74, 6) is -1.58. The Balaban J connectivity index is 1.89. The summed E-state index contributed by atoms with van der Waals surface area (Å²) in [6.45, 7) is -3.57. The van der Waals surface area contributed by atoms with E-state index in [0.717, 1.165) is 12.3 Å². The summed E-state index contributed by atoms with van der Waals surface area (Å²) in [4.78, 5) is 23.6. The number of benzene rings is 2. The summed E-state index contributed by atoms with van der Waals surface area (Å²) >= 11 is 5.93. The molecule has 2 rings (SSSR count). The number of hydrogen-bond acceptors (Lipinski definition) is 6. The van der Waals surface area contributed by atoms with Crippen LogP contribution in [0, 0.1) is 0 Å². The molecule has 160 valence electrons. The maximum Gasteiger partial charge on any atom is 0.387 e. The Morgan fingerprint density at radius 1 is 1.17 bits per heavy atom. The predicted molar refractivity (Wildman–Crippen MR) is 106 cm³/mol. The number of esters is 1. The first-order chi connectivity index (χ1) is 14.0. The number of carbonyl (C=O) groups excluding carboxylic acids is 2. The lowest BCUT2D eigenvalue weighted by Gasteiger charge is -2.09. The lowest BCUT2D eigenvalue weighted by molar-refractivity contribution is -0.142. The Hall–Kier alpha value is -2.98. The van der Waals surface area contributed by atoms with Crippen molar-refractivity contribution in [1.29, 1.82) is 0 Å². The van der Waals surface area contributed by atoms with Gasteiger partial charge in [0.2, 0.25) is 0 Å². The predicted octanol–water partition coefficient (Wildman–Crippen LogP) is 3.54. The SMILES string of the molecule is CS(=O)(=O)c1ccc(Cl)c(NC(=O)COC(=O)C=Cc2ccc(OC(F)F)cc2)c1. The van der Waals surface area contributed by atoms with E-state index in [9.17, 15) is 26.8 Å². The average Bonchev–Trinajstić information content (AvgIpc) is 2.66. The highest BCUT2D eigenvalue weighted by Gasteiger charge is 2.13. The second-order valence-corrected chi connectivity index (χ2v) is 8.27. The fourth-order valence-electron chi connectivity index (χ4n) is 2.13. The van der Waals surface area contributed by atoms with Crippen LogP contribution in [0.3, 0.4) is 0 Å². The van der Waals surface area contributed by atoms with Crippen molar-refractivity contribution < 1.29 is 36.3 Å². The third-order valence-electron chi connectivity index (χ3n) is 3.50. The zero-order chi connectivity index (χ0) is 22.3. The fourth-order valence-corrected chi connectivity index (χ4v) is 2.94. The van der Waals surface area contributed by atoms with Gasteiger partial charge in [0.25, 0.3) is 5.91 Å². The summed E-state index contributed by atoms with van der Waals surface area (Å²) in [6.07, 6.45) is 3.42. The molecular weight excluding hydrogens is 444 g/mol. The van der Waals surface area contributed by atoms with Gasteiger partial charge in [-0.3, -0.25) is 4.79 Å². The monoisotopic (exact) mass is 459 g/mol. The molecule has 0 heterocycles. The first-order valence-electron chi connectivity index (χ1n) is 8.24. The van der Waals surface area contributed by atoms with Crippen molar-refractivity contribution in [3.8, 4) is 5.75 Å². The van der Waals surface area contributed by atoms with Gasteiger partial charge in [-0.2, -0.15) is 8.78 Å². The van der Waals surface area contributed by atoms with Gasteiger partial charge in [-0.15, -0.1) is 0 Å². The minimum Gasteiger partial charge on any atom is -0.452 e. The van der Waals surface area contributed by atoms with Gasteiger partial charge in [0.1, 0.15) is 5.75 Å². The molecule has 0 aliphatic heterocycles. The zero-order valence-electron chi connectivity index (χ0n) is 15.5. The molecule has 30 heavy (non-hydrogen) atoms. The normalized spacial score (nSPS) is 11.5. The first kappa shape index (κ1) is 23.3. The Bertz CT molecular complexity index is 1060. The van der Waals surface area contributed by atoms with E-state index >= 15 is 0 Å². The molecule has 1 N–H and O–H groups in total. The Morgan fingerprint density at radius 2 is 1.83 bits per heavy atom. The van der Waals surface area contributed by atoms with Crippen molar-refractivity contribution in [3.05, 3.63) is 59.1 Å². The molecule has 0 fully saturated rings. The number of hydrogen-bond donors (Lipinski definition) is 1. The third-order valence-corrected chi connectivity index (χ3v) is 4.94. The highest BCUT2D eigenvalue weighted by molar-refractivity contribution is 7.90. The highest BCUT2D eigenvalue weighted by Crippen LogP contribution is 2.25. The van der Waals surface area contributed by atoms with Crippen LogP contribution in [0.1, 0.15) is 5.56 Å². The highest BCUT2D eigenvalue weighted by atomic mass is 35.5. The summed E-state index contributed by atoms with van der Waals surface area (Å²) < 4.78 is 56.3. The third kappa shape index (κ3) is 7.45. The fraction of sp³-hybridized carbons (Fsp3) is 0.158. The number of sulfone groups is 1. The standard InChI is InChI=1S/C19H16ClF2NO6S/c1-30(26,27)14-7-8-15(20)16(10-14)23-17(24)11-28-18(25)9-4-12-2-5-13(6-3-12)29-19(21)22/h2-10,19H,11H2,1H3,(H,23,24). The Kier molecular flexibility index (Phi) is 7.90. The Labute approximate surface area is 176 Å². The maximum absolute atomic E-state index is 12.1. The molecule has 0 aliphatic carbocycles. The molecule has 11 heteroatoms. The molecular formula is C19H16ClF2NO6S. The van der Waals surface area contributed by atoms with Gasteiger partial charge in [0.05, 0.1) is 15.6 Å². The van der Waals surface area contributed by atoms with Gasteiger partial charge in [-0.25, -0.2) is 13.2 Å². The number of carbonyl (C=O) groups is 2. The first-order valence-corrected chi connectivity index (χ1v) is 10.5. The number of alkyl halides is 2. The van der Waals surface area contributed by atoms with E-state index in [1.165, 1.54) is 48.5 Å².